The van der Waals surface area contributed by atoms with Gasteiger partial charge in [-0.3, -0.25) is 4.79 Å². The summed E-state index contributed by atoms with van der Waals surface area (Å²) in [6.45, 7) is 4.16. The summed E-state index contributed by atoms with van der Waals surface area (Å²) in [5, 5.41) is 9.31. The van der Waals surface area contributed by atoms with Crippen molar-refractivity contribution >= 4 is 5.97 Å². The Balaban J connectivity index is 2.04. The van der Waals surface area contributed by atoms with Crippen molar-refractivity contribution in [3.05, 3.63) is 65.0 Å². The molecule has 0 heterocycles. The quantitative estimate of drug-likeness (QED) is 0.874. The molecule has 3 nitrogen and oxygen atoms in total. The average Bonchev–Trinajstić information content (AvgIpc) is 2.43. The Morgan fingerprint density at radius 1 is 1.18 bits per heavy atom. The van der Waals surface area contributed by atoms with Gasteiger partial charge in [0.15, 0.2) is 0 Å². The summed E-state index contributed by atoms with van der Waals surface area (Å²) in [7, 11) is 0. The van der Waals surface area contributed by atoms with Crippen LogP contribution < -0.4 is 4.74 Å². The monoisotopic (exact) mass is 302 g/mol. The number of hydrogen-bond donors (Lipinski definition) is 1. The molecular weight excluding hydrogens is 283 g/mol. The number of carboxylic acid groups (broad SMARTS) is 1. The third-order valence-electron chi connectivity index (χ3n) is 3.45. The maximum Gasteiger partial charge on any atom is 0.311 e. The van der Waals surface area contributed by atoms with Gasteiger partial charge in [-0.15, -0.1) is 0 Å². The molecule has 0 saturated carbocycles. The highest BCUT2D eigenvalue weighted by molar-refractivity contribution is 5.76. The van der Waals surface area contributed by atoms with Crippen molar-refractivity contribution in [3.8, 4) is 5.75 Å². The van der Waals surface area contributed by atoms with Gasteiger partial charge in [-0.1, -0.05) is 24.3 Å². The van der Waals surface area contributed by atoms with E-state index in [0.717, 1.165) is 11.1 Å². The first-order valence-corrected chi connectivity index (χ1v) is 7.15. The Morgan fingerprint density at radius 2 is 1.82 bits per heavy atom. The highest BCUT2D eigenvalue weighted by Gasteiger charge is 2.22. The van der Waals surface area contributed by atoms with Crippen LogP contribution in [0.1, 0.15) is 29.0 Å². The normalized spacial score (nSPS) is 12.0. The van der Waals surface area contributed by atoms with Gasteiger partial charge in [0.05, 0.1) is 12.5 Å². The molecule has 0 spiro atoms. The Kier molecular flexibility index (Phi) is 5.15. The Hall–Kier alpha value is -2.36. The summed E-state index contributed by atoms with van der Waals surface area (Å²) >= 11 is 0. The predicted molar refractivity (Wildman–Crippen MR) is 82.8 cm³/mol. The molecule has 2 rings (SSSR count). The molecule has 2 aromatic carbocycles. The minimum Gasteiger partial charge on any atom is -0.494 e. The second kappa shape index (κ2) is 7.07. The van der Waals surface area contributed by atoms with E-state index in [1.54, 1.807) is 12.1 Å². The first kappa shape index (κ1) is 16.0. The molecule has 0 radical (unpaired) electrons. The molecular formula is C18H19FO3. The smallest absolute Gasteiger partial charge is 0.311 e. The van der Waals surface area contributed by atoms with Gasteiger partial charge >= 0.3 is 5.97 Å². The highest BCUT2D eigenvalue weighted by Crippen LogP contribution is 2.24. The zero-order chi connectivity index (χ0) is 16.1. The summed E-state index contributed by atoms with van der Waals surface area (Å²) in [6, 6.07) is 11.8. The van der Waals surface area contributed by atoms with Gasteiger partial charge in [-0.05, 0) is 49.6 Å². The van der Waals surface area contributed by atoms with E-state index in [1.165, 1.54) is 12.1 Å². The second-order valence-corrected chi connectivity index (χ2v) is 5.37. The lowest BCUT2D eigenvalue weighted by Gasteiger charge is -2.14. The number of hydrogen-bond acceptors (Lipinski definition) is 2. The lowest BCUT2D eigenvalue weighted by molar-refractivity contribution is -0.139. The number of carboxylic acids is 1. The highest BCUT2D eigenvalue weighted by atomic mass is 19.1. The Bertz CT molecular complexity index is 647. The molecule has 0 aliphatic carbocycles. The molecule has 22 heavy (non-hydrogen) atoms. The third kappa shape index (κ3) is 4.07. The van der Waals surface area contributed by atoms with Gasteiger partial charge in [0, 0.05) is 5.56 Å². The fourth-order valence-corrected chi connectivity index (χ4v) is 2.48. The van der Waals surface area contributed by atoms with Crippen LogP contribution in [0.4, 0.5) is 4.39 Å². The van der Waals surface area contributed by atoms with Crippen molar-refractivity contribution in [2.24, 2.45) is 0 Å². The van der Waals surface area contributed by atoms with Gasteiger partial charge in [0.2, 0.25) is 0 Å². The van der Waals surface area contributed by atoms with Gasteiger partial charge < -0.3 is 9.84 Å². The van der Waals surface area contributed by atoms with Crippen LogP contribution in [-0.4, -0.2) is 17.7 Å². The van der Waals surface area contributed by atoms with Gasteiger partial charge in [0.1, 0.15) is 11.6 Å². The van der Waals surface area contributed by atoms with E-state index in [0.29, 0.717) is 5.75 Å². The summed E-state index contributed by atoms with van der Waals surface area (Å²) in [6.07, 6.45) is 0.212. The molecule has 2 aromatic rings. The van der Waals surface area contributed by atoms with Crippen LogP contribution in [0.15, 0.2) is 42.5 Å². The van der Waals surface area contributed by atoms with Crippen LogP contribution >= 0.6 is 0 Å². The van der Waals surface area contributed by atoms with Gasteiger partial charge in [-0.25, -0.2) is 4.39 Å². The summed E-state index contributed by atoms with van der Waals surface area (Å²) in [5.74, 6) is -1.75. The molecule has 4 heteroatoms. The molecule has 0 fully saturated rings. The lowest BCUT2D eigenvalue weighted by atomic mass is 9.96. The zero-order valence-electron chi connectivity index (χ0n) is 12.7. The summed E-state index contributed by atoms with van der Waals surface area (Å²) < 4.78 is 19.4. The minimum atomic E-state index is -1.05. The molecule has 1 N–H and O–H groups in total. The van der Waals surface area contributed by atoms with Crippen molar-refractivity contribution < 1.29 is 19.0 Å². The molecule has 1 atom stereocenters. The largest absolute Gasteiger partial charge is 0.494 e. The molecule has 0 aliphatic heterocycles. The number of aliphatic carboxylic acids is 1. The maximum absolute atomic E-state index is 13.8. The predicted octanol–water partition coefficient (Wildman–Crippen LogP) is 4.08. The molecule has 0 aromatic heterocycles. The van der Waals surface area contributed by atoms with E-state index in [-0.39, 0.29) is 18.6 Å². The Morgan fingerprint density at radius 3 is 2.41 bits per heavy atom. The van der Waals surface area contributed by atoms with E-state index in [2.05, 4.69) is 0 Å². The number of carbonyl (C=O) groups is 1. The molecule has 0 amide bonds. The molecule has 0 bridgehead atoms. The number of benzene rings is 2. The fourth-order valence-electron chi connectivity index (χ4n) is 2.48. The molecule has 0 aliphatic rings. The second-order valence-electron chi connectivity index (χ2n) is 5.37. The van der Waals surface area contributed by atoms with Crippen LogP contribution in [0, 0.1) is 19.7 Å². The van der Waals surface area contributed by atoms with Crippen LogP contribution in [0.25, 0.3) is 0 Å². The molecule has 116 valence electrons. The van der Waals surface area contributed by atoms with Gasteiger partial charge in [0.25, 0.3) is 0 Å². The maximum atomic E-state index is 13.8. The van der Waals surface area contributed by atoms with Crippen LogP contribution in [0.3, 0.4) is 0 Å². The number of halogens is 1. The van der Waals surface area contributed by atoms with E-state index in [1.807, 2.05) is 32.0 Å². The fraction of sp³-hybridized carbons (Fsp3) is 0.278. The zero-order valence-corrected chi connectivity index (χ0v) is 12.7. The topological polar surface area (TPSA) is 46.5 Å². The first-order valence-electron chi connectivity index (χ1n) is 7.15. The number of rotatable bonds is 6. The number of ether oxygens (including phenoxy) is 1. The van der Waals surface area contributed by atoms with Crippen LogP contribution in [-0.2, 0) is 4.79 Å². The van der Waals surface area contributed by atoms with E-state index in [4.69, 9.17) is 4.74 Å². The van der Waals surface area contributed by atoms with Crippen molar-refractivity contribution in [2.45, 2.75) is 26.2 Å². The minimum absolute atomic E-state index is 0.194. The lowest BCUT2D eigenvalue weighted by Crippen LogP contribution is -2.16. The summed E-state index contributed by atoms with van der Waals surface area (Å²) in [4.78, 5) is 11.4. The van der Waals surface area contributed by atoms with E-state index >= 15 is 0 Å². The van der Waals surface area contributed by atoms with Crippen LogP contribution in [0.5, 0.6) is 5.75 Å². The molecule has 1 unspecified atom stereocenters. The first-order chi connectivity index (χ1) is 10.5. The summed E-state index contributed by atoms with van der Waals surface area (Å²) in [5.41, 5.74) is 2.36. The van der Waals surface area contributed by atoms with Crippen molar-refractivity contribution in [2.75, 3.05) is 6.61 Å². The number of aryl methyl sites for hydroxylation is 2. The average molecular weight is 302 g/mol. The third-order valence-corrected chi connectivity index (χ3v) is 3.45. The van der Waals surface area contributed by atoms with E-state index in [9.17, 15) is 14.3 Å². The van der Waals surface area contributed by atoms with Gasteiger partial charge in [-0.2, -0.15) is 0 Å². The molecule has 0 saturated heterocycles. The Labute approximate surface area is 129 Å². The van der Waals surface area contributed by atoms with Crippen molar-refractivity contribution in [3.63, 3.8) is 0 Å². The standard InChI is InChI=1S/C18H19FO3/c1-12-9-13(2)11-14(10-12)22-8-7-16(18(20)21)15-5-3-4-6-17(15)19/h3-6,9-11,16H,7-8H2,1-2H3,(H,20,21). The van der Waals surface area contributed by atoms with Crippen molar-refractivity contribution in [1.82, 2.24) is 0 Å². The van der Waals surface area contributed by atoms with E-state index < -0.39 is 17.7 Å². The SMILES string of the molecule is Cc1cc(C)cc(OCCC(C(=O)O)c2ccccc2F)c1. The van der Waals surface area contributed by atoms with Crippen LogP contribution in [0.2, 0.25) is 0 Å². The van der Waals surface area contributed by atoms with Crippen molar-refractivity contribution in [1.29, 1.82) is 0 Å².